The Morgan fingerprint density at radius 1 is 1.00 bits per heavy atom. The molecule has 1 saturated carbocycles. The minimum absolute atomic E-state index is 0.00998. The fraction of sp³-hybridized carbons (Fsp3) is 0.583. The van der Waals surface area contributed by atoms with Gasteiger partial charge in [0.1, 0.15) is 11.3 Å². The second-order valence-corrected chi connectivity index (χ2v) is 9.01. The molecular formula is C24H32N4O5. The molecule has 1 N–H and O–H groups in total. The largest absolute Gasteiger partial charge is 0.496 e. The Labute approximate surface area is 194 Å². The Hall–Kier alpha value is -3.10. The highest BCUT2D eigenvalue weighted by Gasteiger charge is 2.52. The van der Waals surface area contributed by atoms with Crippen LogP contribution in [0, 0.1) is 0 Å². The van der Waals surface area contributed by atoms with Crippen LogP contribution in [-0.4, -0.2) is 83.8 Å². The molecule has 2 saturated heterocycles. The smallest absolute Gasteiger partial charge is 0.325 e. The first-order valence-corrected chi connectivity index (χ1v) is 11.8. The predicted molar refractivity (Wildman–Crippen MR) is 121 cm³/mol. The number of benzene rings is 1. The zero-order chi connectivity index (χ0) is 23.4. The summed E-state index contributed by atoms with van der Waals surface area (Å²) in [6.07, 6.45) is 4.70. The SMILES string of the molecule is COc1ccccc1C(=O)N1CCCN(C(=O)CCCN2C(=O)NC3(CCCC3)C2=O)CC1. The van der Waals surface area contributed by atoms with Gasteiger partial charge in [-0.05, 0) is 37.8 Å². The van der Waals surface area contributed by atoms with E-state index in [0.717, 1.165) is 12.8 Å². The van der Waals surface area contributed by atoms with Gasteiger partial charge < -0.3 is 19.9 Å². The Morgan fingerprint density at radius 3 is 2.45 bits per heavy atom. The molecule has 2 heterocycles. The Bertz CT molecular complexity index is 927. The number of urea groups is 1. The molecule has 0 radical (unpaired) electrons. The molecule has 1 aromatic carbocycles. The molecule has 9 nitrogen and oxygen atoms in total. The number of amides is 5. The summed E-state index contributed by atoms with van der Waals surface area (Å²) in [5, 5.41) is 2.87. The van der Waals surface area contributed by atoms with Crippen molar-refractivity contribution in [1.82, 2.24) is 20.0 Å². The van der Waals surface area contributed by atoms with Crippen molar-refractivity contribution in [3.63, 3.8) is 0 Å². The predicted octanol–water partition coefficient (Wildman–Crippen LogP) is 2.01. The molecule has 1 aliphatic carbocycles. The van der Waals surface area contributed by atoms with Gasteiger partial charge in [-0.1, -0.05) is 25.0 Å². The number of methoxy groups -OCH3 is 1. The Morgan fingerprint density at radius 2 is 1.70 bits per heavy atom. The number of nitrogens with one attached hydrogen (secondary N) is 1. The van der Waals surface area contributed by atoms with Crippen molar-refractivity contribution in [2.24, 2.45) is 0 Å². The van der Waals surface area contributed by atoms with Gasteiger partial charge in [0.05, 0.1) is 12.7 Å². The topological polar surface area (TPSA) is 99.3 Å². The van der Waals surface area contributed by atoms with Gasteiger partial charge >= 0.3 is 6.03 Å². The molecule has 33 heavy (non-hydrogen) atoms. The molecule has 0 unspecified atom stereocenters. The normalized spacial score (nSPS) is 20.2. The highest BCUT2D eigenvalue weighted by atomic mass is 16.5. The van der Waals surface area contributed by atoms with E-state index in [4.69, 9.17) is 4.74 Å². The van der Waals surface area contributed by atoms with E-state index >= 15 is 0 Å². The van der Waals surface area contributed by atoms with E-state index < -0.39 is 5.54 Å². The molecule has 2 aliphatic heterocycles. The fourth-order valence-electron chi connectivity index (χ4n) is 5.10. The zero-order valence-corrected chi connectivity index (χ0v) is 19.2. The molecule has 3 fully saturated rings. The Kier molecular flexibility index (Phi) is 6.85. The van der Waals surface area contributed by atoms with E-state index in [1.54, 1.807) is 29.0 Å². The van der Waals surface area contributed by atoms with Crippen molar-refractivity contribution in [1.29, 1.82) is 0 Å². The minimum Gasteiger partial charge on any atom is -0.496 e. The van der Waals surface area contributed by atoms with Gasteiger partial charge in [0.2, 0.25) is 5.91 Å². The van der Waals surface area contributed by atoms with Crippen LogP contribution in [0.2, 0.25) is 0 Å². The summed E-state index contributed by atoms with van der Waals surface area (Å²) in [4.78, 5) is 55.6. The van der Waals surface area contributed by atoms with Crippen molar-refractivity contribution in [3.8, 4) is 5.75 Å². The summed E-state index contributed by atoms with van der Waals surface area (Å²) in [5.74, 6) is 0.294. The molecule has 3 aliphatic rings. The molecule has 0 atom stereocenters. The van der Waals surface area contributed by atoms with E-state index in [1.807, 2.05) is 12.1 Å². The molecule has 0 bridgehead atoms. The molecular weight excluding hydrogens is 424 g/mol. The van der Waals surface area contributed by atoms with Crippen molar-refractivity contribution >= 4 is 23.8 Å². The second kappa shape index (κ2) is 9.80. The lowest BCUT2D eigenvalue weighted by atomic mass is 9.98. The highest BCUT2D eigenvalue weighted by molar-refractivity contribution is 6.07. The number of carbonyl (C=O) groups excluding carboxylic acids is 4. The van der Waals surface area contributed by atoms with Gasteiger partial charge in [-0.3, -0.25) is 19.3 Å². The van der Waals surface area contributed by atoms with Crippen LogP contribution >= 0.6 is 0 Å². The number of hydrogen-bond donors (Lipinski definition) is 1. The molecule has 9 heteroatoms. The average molecular weight is 457 g/mol. The highest BCUT2D eigenvalue weighted by Crippen LogP contribution is 2.35. The first-order valence-electron chi connectivity index (χ1n) is 11.8. The maximum atomic E-state index is 13.0. The first-order chi connectivity index (χ1) is 15.9. The van der Waals surface area contributed by atoms with Gasteiger partial charge in [0.25, 0.3) is 11.8 Å². The van der Waals surface area contributed by atoms with Crippen molar-refractivity contribution in [2.45, 2.75) is 50.5 Å². The molecule has 1 aromatic rings. The van der Waals surface area contributed by atoms with E-state index in [0.29, 0.717) is 63.2 Å². The van der Waals surface area contributed by atoms with E-state index in [9.17, 15) is 19.2 Å². The van der Waals surface area contributed by atoms with Crippen molar-refractivity contribution in [2.75, 3.05) is 39.8 Å². The van der Waals surface area contributed by atoms with E-state index in [1.165, 1.54) is 4.90 Å². The van der Waals surface area contributed by atoms with Crippen molar-refractivity contribution < 1.29 is 23.9 Å². The van der Waals surface area contributed by atoms with Crippen LogP contribution < -0.4 is 10.1 Å². The zero-order valence-electron chi connectivity index (χ0n) is 19.2. The number of para-hydroxylation sites is 1. The van der Waals surface area contributed by atoms with Crippen LogP contribution in [0.4, 0.5) is 4.79 Å². The quantitative estimate of drug-likeness (QED) is 0.661. The van der Waals surface area contributed by atoms with Crippen LogP contribution in [0.3, 0.4) is 0 Å². The third kappa shape index (κ3) is 4.67. The third-order valence-corrected chi connectivity index (χ3v) is 6.95. The van der Waals surface area contributed by atoms with Gasteiger partial charge in [-0.15, -0.1) is 0 Å². The van der Waals surface area contributed by atoms with Crippen LogP contribution in [0.1, 0.15) is 55.3 Å². The number of nitrogens with zero attached hydrogens (tertiary/aromatic N) is 3. The minimum atomic E-state index is -0.705. The average Bonchev–Trinajstić information content (AvgIpc) is 3.27. The number of hydrogen-bond acceptors (Lipinski definition) is 5. The maximum Gasteiger partial charge on any atom is 0.325 e. The first kappa shape index (κ1) is 23.1. The monoisotopic (exact) mass is 456 g/mol. The van der Waals surface area contributed by atoms with Crippen LogP contribution in [0.15, 0.2) is 24.3 Å². The molecule has 0 aromatic heterocycles. The lowest BCUT2D eigenvalue weighted by Gasteiger charge is -2.23. The second-order valence-electron chi connectivity index (χ2n) is 9.01. The number of carbonyl (C=O) groups is 4. The standard InChI is InChI=1S/C24H32N4O5/c1-33-19-9-3-2-8-18(19)21(30)27-14-7-13-26(16-17-27)20(29)10-6-15-28-22(31)24(25-23(28)32)11-4-5-12-24/h2-3,8-9H,4-7,10-17H2,1H3,(H,25,32). The number of imide groups is 1. The van der Waals surface area contributed by atoms with Crippen LogP contribution in [-0.2, 0) is 9.59 Å². The lowest BCUT2D eigenvalue weighted by molar-refractivity contribution is -0.133. The molecule has 178 valence electrons. The summed E-state index contributed by atoms with van der Waals surface area (Å²) < 4.78 is 5.31. The van der Waals surface area contributed by atoms with E-state index in [2.05, 4.69) is 5.32 Å². The maximum absolute atomic E-state index is 13.0. The summed E-state index contributed by atoms with van der Waals surface area (Å²) in [5.41, 5.74) is -0.183. The summed E-state index contributed by atoms with van der Waals surface area (Å²) in [7, 11) is 1.54. The van der Waals surface area contributed by atoms with Gasteiger partial charge in [-0.25, -0.2) is 4.79 Å². The van der Waals surface area contributed by atoms with Gasteiger partial charge in [0, 0.05) is 39.1 Å². The summed E-state index contributed by atoms with van der Waals surface area (Å²) in [6.45, 7) is 2.33. The molecule has 4 rings (SSSR count). The third-order valence-electron chi connectivity index (χ3n) is 6.95. The van der Waals surface area contributed by atoms with Crippen LogP contribution in [0.5, 0.6) is 5.75 Å². The van der Waals surface area contributed by atoms with E-state index in [-0.39, 0.29) is 36.7 Å². The lowest BCUT2D eigenvalue weighted by Crippen LogP contribution is -2.44. The van der Waals surface area contributed by atoms with Gasteiger partial charge in [-0.2, -0.15) is 0 Å². The van der Waals surface area contributed by atoms with Crippen molar-refractivity contribution in [3.05, 3.63) is 29.8 Å². The summed E-state index contributed by atoms with van der Waals surface area (Å²) >= 11 is 0. The number of ether oxygens (including phenoxy) is 1. The molecule has 5 amide bonds. The van der Waals surface area contributed by atoms with Gasteiger partial charge in [0.15, 0.2) is 0 Å². The van der Waals surface area contributed by atoms with Crippen LogP contribution in [0.25, 0.3) is 0 Å². The number of rotatable bonds is 6. The Balaban J connectivity index is 1.26. The summed E-state index contributed by atoms with van der Waals surface area (Å²) in [6, 6.07) is 6.81. The molecule has 1 spiro atoms. The fourth-order valence-corrected chi connectivity index (χ4v) is 5.10.